The molecule has 3 atom stereocenters. The van der Waals surface area contributed by atoms with Gasteiger partial charge in [-0.15, -0.1) is 0 Å². The summed E-state index contributed by atoms with van der Waals surface area (Å²) < 4.78 is 5.59. The highest BCUT2D eigenvalue weighted by atomic mass is 16.6. The van der Waals surface area contributed by atoms with Crippen molar-refractivity contribution in [3.63, 3.8) is 0 Å². The lowest BCUT2D eigenvalue weighted by Gasteiger charge is -2.15. The van der Waals surface area contributed by atoms with Crippen LogP contribution in [0.3, 0.4) is 0 Å². The van der Waals surface area contributed by atoms with Crippen molar-refractivity contribution in [2.75, 3.05) is 6.54 Å². The Labute approximate surface area is 71.0 Å². The van der Waals surface area contributed by atoms with Crippen LogP contribution in [-0.2, 0) is 4.74 Å². The predicted octanol–water partition coefficient (Wildman–Crippen LogP) is 1.22. The summed E-state index contributed by atoms with van der Waals surface area (Å²) in [6.45, 7) is 0.108. The molecule has 0 aromatic heterocycles. The van der Waals surface area contributed by atoms with E-state index < -0.39 is 0 Å². The van der Waals surface area contributed by atoms with Crippen molar-refractivity contribution in [2.45, 2.75) is 37.9 Å². The third-order valence-electron chi connectivity index (χ3n) is 2.91. The molecule has 0 spiro atoms. The molecule has 0 N–H and O–H groups in total. The first-order chi connectivity index (χ1) is 5.75. The topological polar surface area (TPSA) is 52.4 Å². The van der Waals surface area contributed by atoms with E-state index in [2.05, 4.69) is 0 Å². The summed E-state index contributed by atoms with van der Waals surface area (Å²) in [6.07, 6.45) is 4.81. The fourth-order valence-corrected chi connectivity index (χ4v) is 2.32. The molecular weight excluding hydrogens is 158 g/mol. The Bertz CT molecular complexity index is 195. The van der Waals surface area contributed by atoms with Gasteiger partial charge in [-0.2, -0.15) is 0 Å². The molecule has 0 aliphatic carbocycles. The molecule has 0 radical (unpaired) electrons. The van der Waals surface area contributed by atoms with Crippen LogP contribution in [0.2, 0.25) is 0 Å². The van der Waals surface area contributed by atoms with Gasteiger partial charge in [0.25, 0.3) is 0 Å². The maximum Gasteiger partial charge on any atom is 0.204 e. The first kappa shape index (κ1) is 7.98. The molecule has 0 aromatic carbocycles. The first-order valence-electron chi connectivity index (χ1n) is 4.53. The van der Waals surface area contributed by atoms with Gasteiger partial charge in [0.1, 0.15) is 0 Å². The quantitative estimate of drug-likeness (QED) is 0.474. The van der Waals surface area contributed by atoms with Crippen LogP contribution in [0.1, 0.15) is 25.7 Å². The van der Waals surface area contributed by atoms with Crippen molar-refractivity contribution in [3.05, 3.63) is 10.1 Å². The Balaban J connectivity index is 1.79. The second-order valence-electron chi connectivity index (χ2n) is 3.71. The lowest BCUT2D eigenvalue weighted by molar-refractivity contribution is -0.481. The van der Waals surface area contributed by atoms with Crippen molar-refractivity contribution in [2.24, 2.45) is 5.92 Å². The molecular formula is C8H13NO3. The summed E-state index contributed by atoms with van der Waals surface area (Å²) >= 11 is 0. The van der Waals surface area contributed by atoms with E-state index in [-0.39, 0.29) is 11.5 Å². The van der Waals surface area contributed by atoms with Gasteiger partial charge in [-0.25, -0.2) is 0 Å². The van der Waals surface area contributed by atoms with E-state index in [0.717, 1.165) is 12.8 Å². The van der Waals surface area contributed by atoms with Gasteiger partial charge >= 0.3 is 0 Å². The largest absolute Gasteiger partial charge is 0.375 e. The molecule has 0 aromatic rings. The lowest BCUT2D eigenvalue weighted by atomic mass is 9.87. The van der Waals surface area contributed by atoms with Crippen LogP contribution in [-0.4, -0.2) is 23.7 Å². The lowest BCUT2D eigenvalue weighted by Crippen LogP contribution is -2.19. The highest BCUT2D eigenvalue weighted by molar-refractivity contribution is 4.88. The summed E-state index contributed by atoms with van der Waals surface area (Å²) in [5.41, 5.74) is 0. The Morgan fingerprint density at radius 2 is 2.33 bits per heavy atom. The van der Waals surface area contributed by atoms with Gasteiger partial charge in [0.15, 0.2) is 0 Å². The van der Waals surface area contributed by atoms with Crippen LogP contribution in [0.15, 0.2) is 0 Å². The Morgan fingerprint density at radius 1 is 1.50 bits per heavy atom. The number of hydrogen-bond donors (Lipinski definition) is 0. The van der Waals surface area contributed by atoms with E-state index in [9.17, 15) is 10.1 Å². The van der Waals surface area contributed by atoms with Gasteiger partial charge in [0.05, 0.1) is 12.2 Å². The van der Waals surface area contributed by atoms with E-state index in [1.807, 2.05) is 0 Å². The van der Waals surface area contributed by atoms with E-state index in [1.165, 1.54) is 6.42 Å². The molecule has 2 fully saturated rings. The van der Waals surface area contributed by atoms with E-state index in [1.54, 1.807) is 0 Å². The summed E-state index contributed by atoms with van der Waals surface area (Å²) in [5, 5.41) is 10.1. The van der Waals surface area contributed by atoms with Crippen molar-refractivity contribution in [1.82, 2.24) is 0 Å². The zero-order chi connectivity index (χ0) is 8.55. The zero-order valence-electron chi connectivity index (χ0n) is 6.94. The van der Waals surface area contributed by atoms with Crippen molar-refractivity contribution in [1.29, 1.82) is 0 Å². The van der Waals surface area contributed by atoms with Gasteiger partial charge < -0.3 is 4.74 Å². The molecule has 2 aliphatic rings. The number of nitrogens with zero attached hydrogens (tertiary/aromatic N) is 1. The minimum absolute atomic E-state index is 0.108. The van der Waals surface area contributed by atoms with Crippen molar-refractivity contribution >= 4 is 0 Å². The molecule has 4 heteroatoms. The molecule has 3 unspecified atom stereocenters. The first-order valence-corrected chi connectivity index (χ1v) is 4.53. The maximum atomic E-state index is 10.1. The fraction of sp³-hybridized carbons (Fsp3) is 1.00. The standard InChI is InChI=1S/C8H13NO3/c10-9(11)4-3-6-5-7-1-2-8(6)12-7/h6-8H,1-5H2. The monoisotopic (exact) mass is 171 g/mol. The minimum Gasteiger partial charge on any atom is -0.375 e. The molecule has 2 saturated heterocycles. The van der Waals surface area contributed by atoms with Gasteiger partial charge in [0.2, 0.25) is 6.54 Å². The van der Waals surface area contributed by atoms with Crippen LogP contribution in [0, 0.1) is 16.0 Å². The number of fused-ring (bicyclic) bond motifs is 2. The average molecular weight is 171 g/mol. The number of rotatable bonds is 3. The second kappa shape index (κ2) is 3.01. The summed E-state index contributed by atoms with van der Waals surface area (Å²) in [6, 6.07) is 0. The SMILES string of the molecule is O=[N+]([O-])CCC1CC2CCC1O2. The Hall–Kier alpha value is -0.640. The molecule has 2 rings (SSSR count). The van der Waals surface area contributed by atoms with Crippen LogP contribution < -0.4 is 0 Å². The van der Waals surface area contributed by atoms with Crippen LogP contribution in [0.25, 0.3) is 0 Å². The molecule has 2 heterocycles. The van der Waals surface area contributed by atoms with Gasteiger partial charge in [-0.3, -0.25) is 10.1 Å². The molecule has 4 nitrogen and oxygen atoms in total. The predicted molar refractivity (Wildman–Crippen MR) is 42.5 cm³/mol. The molecule has 0 amide bonds. The number of hydrogen-bond acceptors (Lipinski definition) is 3. The van der Waals surface area contributed by atoms with Crippen LogP contribution in [0.5, 0.6) is 0 Å². The number of ether oxygens (including phenoxy) is 1. The Morgan fingerprint density at radius 3 is 2.83 bits per heavy atom. The van der Waals surface area contributed by atoms with Crippen LogP contribution in [0.4, 0.5) is 0 Å². The Kier molecular flexibility index (Phi) is 2.00. The highest BCUT2D eigenvalue weighted by Gasteiger charge is 2.40. The number of nitro groups is 1. The van der Waals surface area contributed by atoms with Crippen molar-refractivity contribution < 1.29 is 9.66 Å². The molecule has 68 valence electrons. The molecule has 2 bridgehead atoms. The van der Waals surface area contributed by atoms with E-state index in [0.29, 0.717) is 24.5 Å². The fourth-order valence-electron chi connectivity index (χ4n) is 2.32. The molecule has 0 saturated carbocycles. The minimum atomic E-state index is -0.230. The van der Waals surface area contributed by atoms with Gasteiger partial charge in [0, 0.05) is 11.3 Å². The van der Waals surface area contributed by atoms with Gasteiger partial charge in [-0.05, 0) is 25.2 Å². The summed E-state index contributed by atoms with van der Waals surface area (Å²) in [4.78, 5) is 9.90. The van der Waals surface area contributed by atoms with Gasteiger partial charge in [-0.1, -0.05) is 0 Å². The second-order valence-corrected chi connectivity index (χ2v) is 3.71. The van der Waals surface area contributed by atoms with Crippen molar-refractivity contribution in [3.8, 4) is 0 Å². The van der Waals surface area contributed by atoms with E-state index >= 15 is 0 Å². The summed E-state index contributed by atoms with van der Waals surface area (Å²) in [7, 11) is 0. The third kappa shape index (κ3) is 1.43. The third-order valence-corrected chi connectivity index (χ3v) is 2.91. The van der Waals surface area contributed by atoms with Crippen LogP contribution >= 0.6 is 0 Å². The van der Waals surface area contributed by atoms with E-state index in [4.69, 9.17) is 4.74 Å². The summed E-state index contributed by atoms with van der Waals surface area (Å²) in [5.74, 6) is 0.467. The average Bonchev–Trinajstić information content (AvgIpc) is 2.60. The zero-order valence-corrected chi connectivity index (χ0v) is 6.94. The highest BCUT2D eigenvalue weighted by Crippen LogP contribution is 2.40. The molecule has 2 aliphatic heterocycles. The maximum absolute atomic E-state index is 10.1. The molecule has 12 heavy (non-hydrogen) atoms. The normalized spacial score (nSPS) is 38.8. The smallest absolute Gasteiger partial charge is 0.204 e.